The van der Waals surface area contributed by atoms with Crippen LogP contribution in [0.15, 0.2) is 0 Å². The van der Waals surface area contributed by atoms with Crippen molar-refractivity contribution in [2.24, 2.45) is 0 Å². The molecule has 0 saturated carbocycles. The Kier molecular flexibility index (Phi) is 9.92. The summed E-state index contributed by atoms with van der Waals surface area (Å²) in [5.74, 6) is 0. The van der Waals surface area contributed by atoms with Crippen LogP contribution in [0.3, 0.4) is 0 Å². The van der Waals surface area contributed by atoms with Crippen LogP contribution in [0, 0.1) is 6.54 Å². The van der Waals surface area contributed by atoms with E-state index in [1.165, 1.54) is 32.1 Å². The minimum Gasteiger partial charge on any atom is -0.312 e. The van der Waals surface area contributed by atoms with Crippen molar-refractivity contribution in [2.75, 3.05) is 6.54 Å². The molecule has 1 N–H and O–H groups in total. The van der Waals surface area contributed by atoms with Crippen molar-refractivity contribution in [1.82, 2.24) is 5.32 Å². The fraction of sp³-hybridized carbons (Fsp3) is 0.900. The van der Waals surface area contributed by atoms with Crippen molar-refractivity contribution in [3.63, 3.8) is 0 Å². The average molecular weight is 156 g/mol. The number of rotatable bonds is 8. The third-order valence-corrected chi connectivity index (χ3v) is 1.77. The van der Waals surface area contributed by atoms with Gasteiger partial charge in [0.05, 0.1) is 0 Å². The van der Waals surface area contributed by atoms with Gasteiger partial charge in [-0.25, -0.2) is 0 Å². The van der Waals surface area contributed by atoms with Gasteiger partial charge in [-0.2, -0.15) is 0 Å². The van der Waals surface area contributed by atoms with Crippen LogP contribution in [0.25, 0.3) is 0 Å². The van der Waals surface area contributed by atoms with E-state index >= 15 is 0 Å². The van der Waals surface area contributed by atoms with Crippen molar-refractivity contribution in [3.8, 4) is 0 Å². The summed E-state index contributed by atoms with van der Waals surface area (Å²) in [5, 5.41) is 3.29. The van der Waals surface area contributed by atoms with Crippen LogP contribution in [0.4, 0.5) is 0 Å². The largest absolute Gasteiger partial charge is 0.312 e. The van der Waals surface area contributed by atoms with E-state index in [0.29, 0.717) is 0 Å². The van der Waals surface area contributed by atoms with Gasteiger partial charge in [0.15, 0.2) is 0 Å². The molecule has 0 atom stereocenters. The molecule has 0 aromatic carbocycles. The van der Waals surface area contributed by atoms with Crippen LogP contribution in [-0.4, -0.2) is 6.54 Å². The van der Waals surface area contributed by atoms with Gasteiger partial charge in [-0.3, -0.25) is 0 Å². The molecule has 0 aliphatic carbocycles. The van der Waals surface area contributed by atoms with Gasteiger partial charge in [-0.15, -0.1) is 0 Å². The maximum atomic E-state index is 3.29. The average Bonchev–Trinajstić information content (AvgIpc) is 2.03. The van der Waals surface area contributed by atoms with Gasteiger partial charge in [-0.05, 0) is 19.4 Å². The molecule has 1 heteroatoms. The predicted molar refractivity (Wildman–Crippen MR) is 51.4 cm³/mol. The lowest BCUT2D eigenvalue weighted by atomic mass is 10.1. The zero-order chi connectivity index (χ0) is 8.36. The minimum absolute atomic E-state index is 1.13. The zero-order valence-electron chi connectivity index (χ0n) is 8.03. The lowest BCUT2D eigenvalue weighted by Gasteiger charge is -2.01. The summed E-state index contributed by atoms with van der Waals surface area (Å²) in [7, 11) is 0. The fourth-order valence-electron chi connectivity index (χ4n) is 1.08. The summed E-state index contributed by atoms with van der Waals surface area (Å²) in [4.78, 5) is 0. The molecule has 0 bridgehead atoms. The van der Waals surface area contributed by atoms with E-state index in [4.69, 9.17) is 0 Å². The molecule has 1 nitrogen and oxygen atoms in total. The minimum atomic E-state index is 1.13. The van der Waals surface area contributed by atoms with Crippen LogP contribution in [0.1, 0.15) is 52.4 Å². The number of nitrogens with one attached hydrogen (secondary N) is 1. The van der Waals surface area contributed by atoms with Crippen LogP contribution < -0.4 is 5.32 Å². The molecular weight excluding hydrogens is 134 g/mol. The van der Waals surface area contributed by atoms with Gasteiger partial charge >= 0.3 is 0 Å². The molecule has 0 aliphatic rings. The Balaban J connectivity index is 2.69. The van der Waals surface area contributed by atoms with Crippen LogP contribution in [0.5, 0.6) is 0 Å². The Hall–Kier alpha value is -0.0400. The monoisotopic (exact) mass is 156 g/mol. The first-order valence-corrected chi connectivity index (χ1v) is 4.96. The van der Waals surface area contributed by atoms with E-state index in [-0.39, 0.29) is 0 Å². The molecule has 0 aliphatic heterocycles. The van der Waals surface area contributed by atoms with Crippen LogP contribution >= 0.6 is 0 Å². The summed E-state index contributed by atoms with van der Waals surface area (Å²) in [5.41, 5.74) is 0. The molecule has 1 radical (unpaired) electrons. The van der Waals surface area contributed by atoms with Crippen molar-refractivity contribution < 1.29 is 0 Å². The Morgan fingerprint density at radius 1 is 1.00 bits per heavy atom. The molecule has 0 spiro atoms. The molecule has 11 heavy (non-hydrogen) atoms. The fourth-order valence-corrected chi connectivity index (χ4v) is 1.08. The van der Waals surface area contributed by atoms with Gasteiger partial charge in [-0.1, -0.05) is 39.5 Å². The summed E-state index contributed by atoms with van der Waals surface area (Å²) >= 11 is 0. The first kappa shape index (κ1) is 11.0. The third-order valence-electron chi connectivity index (χ3n) is 1.77. The number of unbranched alkanes of at least 4 members (excludes halogenated alkanes) is 4. The smallest absolute Gasteiger partial charge is 0.0218 e. The summed E-state index contributed by atoms with van der Waals surface area (Å²) in [6, 6.07) is 0. The van der Waals surface area contributed by atoms with Gasteiger partial charge in [0.2, 0.25) is 0 Å². The molecule has 67 valence electrons. The van der Waals surface area contributed by atoms with E-state index in [1.54, 1.807) is 0 Å². The molecule has 0 rings (SSSR count). The standard InChI is InChI=1S/C10H22N/c1-3-5-6-7-8-10-11-9-4-2/h9,11H,3-8,10H2,1-2H3. The Labute approximate surface area is 71.6 Å². The lowest BCUT2D eigenvalue weighted by molar-refractivity contribution is 0.605. The predicted octanol–water partition coefficient (Wildman–Crippen LogP) is 3.12. The van der Waals surface area contributed by atoms with Gasteiger partial charge in [0.1, 0.15) is 0 Å². The molecule has 0 saturated heterocycles. The second-order valence-electron chi connectivity index (χ2n) is 2.98. The first-order chi connectivity index (χ1) is 5.41. The van der Waals surface area contributed by atoms with Crippen molar-refractivity contribution in [3.05, 3.63) is 6.54 Å². The second-order valence-corrected chi connectivity index (χ2v) is 2.98. The first-order valence-electron chi connectivity index (χ1n) is 4.96. The molecule has 0 heterocycles. The van der Waals surface area contributed by atoms with Crippen LogP contribution in [-0.2, 0) is 0 Å². The van der Waals surface area contributed by atoms with Gasteiger partial charge in [0, 0.05) is 6.54 Å². The lowest BCUT2D eigenvalue weighted by Crippen LogP contribution is -2.10. The van der Waals surface area contributed by atoms with Gasteiger partial charge in [0.25, 0.3) is 0 Å². The molecule has 0 unspecified atom stereocenters. The molecular formula is C10H22N. The summed E-state index contributed by atoms with van der Waals surface area (Å²) in [6.45, 7) is 7.71. The van der Waals surface area contributed by atoms with E-state index in [2.05, 4.69) is 25.7 Å². The van der Waals surface area contributed by atoms with Crippen molar-refractivity contribution >= 4 is 0 Å². The molecule has 0 fully saturated rings. The van der Waals surface area contributed by atoms with Crippen LogP contribution in [0.2, 0.25) is 0 Å². The topological polar surface area (TPSA) is 12.0 Å². The second kappa shape index (κ2) is 9.96. The molecule has 0 aromatic rings. The highest BCUT2D eigenvalue weighted by Crippen LogP contribution is 2.01. The highest BCUT2D eigenvalue weighted by Gasteiger charge is 1.87. The Morgan fingerprint density at radius 3 is 2.36 bits per heavy atom. The van der Waals surface area contributed by atoms with E-state index in [0.717, 1.165) is 13.0 Å². The highest BCUT2D eigenvalue weighted by molar-refractivity contribution is 4.57. The summed E-state index contributed by atoms with van der Waals surface area (Å²) in [6.07, 6.45) is 8.00. The quantitative estimate of drug-likeness (QED) is 0.532. The SMILES string of the molecule is CC[CH]NCCCCCCC. The Bertz CT molecular complexity index is 53.9. The maximum absolute atomic E-state index is 3.29. The van der Waals surface area contributed by atoms with E-state index in [1.807, 2.05) is 0 Å². The zero-order valence-corrected chi connectivity index (χ0v) is 8.03. The summed E-state index contributed by atoms with van der Waals surface area (Å²) < 4.78 is 0. The van der Waals surface area contributed by atoms with E-state index < -0.39 is 0 Å². The third kappa shape index (κ3) is 9.96. The van der Waals surface area contributed by atoms with Gasteiger partial charge < -0.3 is 5.32 Å². The molecule has 0 amide bonds. The Morgan fingerprint density at radius 2 is 1.73 bits per heavy atom. The normalized spacial score (nSPS) is 10.4. The molecule has 0 aromatic heterocycles. The number of hydrogen-bond donors (Lipinski definition) is 1. The van der Waals surface area contributed by atoms with Crippen molar-refractivity contribution in [2.45, 2.75) is 52.4 Å². The highest BCUT2D eigenvalue weighted by atomic mass is 14.8. The van der Waals surface area contributed by atoms with E-state index in [9.17, 15) is 0 Å². The van der Waals surface area contributed by atoms with Crippen molar-refractivity contribution in [1.29, 1.82) is 0 Å². The maximum Gasteiger partial charge on any atom is 0.0218 e. The number of hydrogen-bond acceptors (Lipinski definition) is 1.